The molecule has 1 aliphatic heterocycles. The quantitative estimate of drug-likeness (QED) is 0.756. The van der Waals surface area contributed by atoms with E-state index < -0.39 is 0 Å². The van der Waals surface area contributed by atoms with Crippen LogP contribution < -0.4 is 4.90 Å². The van der Waals surface area contributed by atoms with Crippen LogP contribution >= 0.6 is 0 Å². The third-order valence-electron chi connectivity index (χ3n) is 3.36. The Balaban J connectivity index is 1.97. The van der Waals surface area contributed by atoms with Crippen molar-refractivity contribution < 1.29 is 9.53 Å². The number of rotatable bonds is 2. The van der Waals surface area contributed by atoms with E-state index >= 15 is 0 Å². The van der Waals surface area contributed by atoms with Crippen LogP contribution in [0.5, 0.6) is 0 Å². The number of ether oxygens (including phenoxy) is 1. The topological polar surface area (TPSA) is 29.5 Å². The van der Waals surface area contributed by atoms with Gasteiger partial charge in [0, 0.05) is 24.3 Å². The molecule has 1 saturated heterocycles. The molecule has 0 atom stereocenters. The summed E-state index contributed by atoms with van der Waals surface area (Å²) < 4.78 is 5.36. The molecule has 0 saturated carbocycles. The fourth-order valence-electron chi connectivity index (χ4n) is 2.34. The largest absolute Gasteiger partial charge is 0.378 e. The van der Waals surface area contributed by atoms with Crippen LogP contribution in [0.2, 0.25) is 0 Å². The molecule has 0 N–H and O–H groups in total. The van der Waals surface area contributed by atoms with Gasteiger partial charge in [-0.05, 0) is 29.0 Å². The molecule has 3 heteroatoms. The summed E-state index contributed by atoms with van der Waals surface area (Å²) in [5.74, 6) is 0. The highest BCUT2D eigenvalue weighted by atomic mass is 16.5. The van der Waals surface area contributed by atoms with Crippen LogP contribution in [-0.2, 0) is 4.74 Å². The molecule has 0 spiro atoms. The van der Waals surface area contributed by atoms with Crippen molar-refractivity contribution in [2.45, 2.75) is 0 Å². The summed E-state index contributed by atoms with van der Waals surface area (Å²) in [5.41, 5.74) is 1.95. The number of fused-ring (bicyclic) bond motifs is 1. The Hall–Kier alpha value is -1.87. The van der Waals surface area contributed by atoms with Crippen LogP contribution in [-0.4, -0.2) is 32.6 Å². The predicted octanol–water partition coefficient (Wildman–Crippen LogP) is 2.49. The van der Waals surface area contributed by atoms with Gasteiger partial charge in [0.25, 0.3) is 0 Å². The molecule has 3 nitrogen and oxygen atoms in total. The zero-order valence-corrected chi connectivity index (χ0v) is 10.1. The molecule has 18 heavy (non-hydrogen) atoms. The van der Waals surface area contributed by atoms with Gasteiger partial charge in [0.15, 0.2) is 0 Å². The maximum absolute atomic E-state index is 10.7. The van der Waals surface area contributed by atoms with Gasteiger partial charge >= 0.3 is 0 Å². The lowest BCUT2D eigenvalue weighted by atomic mass is 10.1. The number of morpholine rings is 1. The molecule has 1 heterocycles. The van der Waals surface area contributed by atoms with E-state index in [1.165, 1.54) is 11.1 Å². The summed E-state index contributed by atoms with van der Waals surface area (Å²) in [7, 11) is 0. The number of hydrogen-bond acceptors (Lipinski definition) is 3. The number of aldehydes is 1. The average Bonchev–Trinajstić information content (AvgIpc) is 2.47. The molecule has 0 aromatic heterocycles. The highest BCUT2D eigenvalue weighted by Crippen LogP contribution is 2.23. The van der Waals surface area contributed by atoms with Crippen LogP contribution in [0.3, 0.4) is 0 Å². The molecule has 0 amide bonds. The summed E-state index contributed by atoms with van der Waals surface area (Å²) >= 11 is 0. The first-order chi connectivity index (χ1) is 8.86. The number of benzene rings is 2. The van der Waals surface area contributed by atoms with Crippen molar-refractivity contribution >= 4 is 22.7 Å². The van der Waals surface area contributed by atoms with Gasteiger partial charge in [-0.2, -0.15) is 0 Å². The van der Waals surface area contributed by atoms with Crippen molar-refractivity contribution in [1.82, 2.24) is 0 Å². The lowest BCUT2D eigenvalue weighted by Gasteiger charge is -2.29. The summed E-state index contributed by atoms with van der Waals surface area (Å²) in [5, 5.41) is 2.28. The summed E-state index contributed by atoms with van der Waals surface area (Å²) in [6.45, 7) is 3.47. The minimum absolute atomic E-state index is 0.724. The summed E-state index contributed by atoms with van der Waals surface area (Å²) in [6.07, 6.45) is 0.884. The molecule has 0 radical (unpaired) electrons. The van der Waals surface area contributed by atoms with E-state index in [1.807, 2.05) is 18.2 Å². The standard InChI is InChI=1S/C15H15NO2/c17-11-12-1-2-14-10-15(4-3-13(14)9-12)16-5-7-18-8-6-16/h1-4,9-11H,5-8H2. The van der Waals surface area contributed by atoms with Crippen LogP contribution in [0.15, 0.2) is 36.4 Å². The van der Waals surface area contributed by atoms with Gasteiger partial charge in [-0.15, -0.1) is 0 Å². The molecule has 0 bridgehead atoms. The smallest absolute Gasteiger partial charge is 0.150 e. The SMILES string of the molecule is O=Cc1ccc2cc(N3CCOCC3)ccc2c1. The number of anilines is 1. The van der Waals surface area contributed by atoms with E-state index in [1.54, 1.807) is 0 Å². The minimum Gasteiger partial charge on any atom is -0.378 e. The predicted molar refractivity (Wildman–Crippen MR) is 72.4 cm³/mol. The third-order valence-corrected chi connectivity index (χ3v) is 3.36. The molecular weight excluding hydrogens is 226 g/mol. The van der Waals surface area contributed by atoms with Gasteiger partial charge in [0.1, 0.15) is 6.29 Å². The molecule has 0 unspecified atom stereocenters. The Bertz CT molecular complexity index is 574. The lowest BCUT2D eigenvalue weighted by molar-refractivity contribution is 0.112. The van der Waals surface area contributed by atoms with Crippen molar-refractivity contribution in [3.05, 3.63) is 42.0 Å². The molecule has 92 valence electrons. The Labute approximate surface area is 106 Å². The molecule has 1 aliphatic rings. The Kier molecular flexibility index (Phi) is 2.99. The number of carbonyl (C=O) groups is 1. The van der Waals surface area contributed by atoms with Gasteiger partial charge in [-0.25, -0.2) is 0 Å². The molecule has 3 rings (SSSR count). The van der Waals surface area contributed by atoms with Gasteiger partial charge < -0.3 is 9.64 Å². The van der Waals surface area contributed by atoms with Crippen molar-refractivity contribution in [2.75, 3.05) is 31.2 Å². The van der Waals surface area contributed by atoms with Crippen molar-refractivity contribution in [1.29, 1.82) is 0 Å². The highest BCUT2D eigenvalue weighted by Gasteiger charge is 2.11. The number of nitrogens with zero attached hydrogens (tertiary/aromatic N) is 1. The molecule has 2 aromatic rings. The van der Waals surface area contributed by atoms with E-state index in [2.05, 4.69) is 23.1 Å². The first kappa shape index (κ1) is 11.2. The van der Waals surface area contributed by atoms with Crippen molar-refractivity contribution in [3.63, 3.8) is 0 Å². The molecule has 2 aromatic carbocycles. The first-order valence-electron chi connectivity index (χ1n) is 6.18. The second kappa shape index (κ2) is 4.78. The van der Waals surface area contributed by atoms with Gasteiger partial charge in [0.05, 0.1) is 13.2 Å². The zero-order chi connectivity index (χ0) is 12.4. The number of hydrogen-bond donors (Lipinski definition) is 0. The van der Waals surface area contributed by atoms with Gasteiger partial charge in [-0.3, -0.25) is 4.79 Å². The summed E-state index contributed by atoms with van der Waals surface area (Å²) in [6, 6.07) is 12.2. The van der Waals surface area contributed by atoms with Crippen molar-refractivity contribution in [2.24, 2.45) is 0 Å². The fraction of sp³-hybridized carbons (Fsp3) is 0.267. The fourth-order valence-corrected chi connectivity index (χ4v) is 2.34. The van der Waals surface area contributed by atoms with Crippen LogP contribution in [0, 0.1) is 0 Å². The lowest BCUT2D eigenvalue weighted by Crippen LogP contribution is -2.36. The minimum atomic E-state index is 0.724. The van der Waals surface area contributed by atoms with E-state index in [0.29, 0.717) is 0 Å². The molecular formula is C15H15NO2. The van der Waals surface area contributed by atoms with Crippen molar-refractivity contribution in [3.8, 4) is 0 Å². The third kappa shape index (κ3) is 2.09. The normalized spacial score (nSPS) is 15.9. The molecule has 0 aliphatic carbocycles. The molecule has 1 fully saturated rings. The van der Waals surface area contributed by atoms with Crippen LogP contribution in [0.25, 0.3) is 10.8 Å². The van der Waals surface area contributed by atoms with Crippen LogP contribution in [0.1, 0.15) is 10.4 Å². The Morgan fingerprint density at radius 1 is 1.00 bits per heavy atom. The summed E-state index contributed by atoms with van der Waals surface area (Å²) in [4.78, 5) is 13.1. The van der Waals surface area contributed by atoms with Crippen LogP contribution in [0.4, 0.5) is 5.69 Å². The van der Waals surface area contributed by atoms with E-state index in [4.69, 9.17) is 4.74 Å². The Morgan fingerprint density at radius 3 is 2.50 bits per heavy atom. The van der Waals surface area contributed by atoms with Gasteiger partial charge in [0.2, 0.25) is 0 Å². The maximum atomic E-state index is 10.7. The maximum Gasteiger partial charge on any atom is 0.150 e. The van der Waals surface area contributed by atoms with Gasteiger partial charge in [-0.1, -0.05) is 18.2 Å². The zero-order valence-electron chi connectivity index (χ0n) is 10.1. The monoisotopic (exact) mass is 241 g/mol. The average molecular weight is 241 g/mol. The first-order valence-corrected chi connectivity index (χ1v) is 6.18. The Morgan fingerprint density at radius 2 is 1.72 bits per heavy atom. The second-order valence-corrected chi connectivity index (χ2v) is 4.51. The van der Waals surface area contributed by atoms with E-state index in [0.717, 1.165) is 43.5 Å². The van der Waals surface area contributed by atoms with E-state index in [-0.39, 0.29) is 0 Å². The van der Waals surface area contributed by atoms with E-state index in [9.17, 15) is 4.79 Å². The highest BCUT2D eigenvalue weighted by molar-refractivity contribution is 5.90. The second-order valence-electron chi connectivity index (χ2n) is 4.51. The number of carbonyl (C=O) groups excluding carboxylic acids is 1.